The van der Waals surface area contributed by atoms with Gasteiger partial charge >= 0.3 is 12.0 Å². The summed E-state index contributed by atoms with van der Waals surface area (Å²) >= 11 is 0. The molecular weight excluding hydrogens is 214 g/mol. The van der Waals surface area contributed by atoms with Crippen molar-refractivity contribution >= 4 is 17.9 Å². The van der Waals surface area contributed by atoms with E-state index < -0.39 is 30.4 Å². The largest absolute Gasteiger partial charge is 0.480 e. The number of carbonyl (C=O) groups excluding carboxylic acids is 2. The fourth-order valence-corrected chi connectivity index (χ4v) is 0.927. The highest BCUT2D eigenvalue weighted by atomic mass is 16.4. The Hall–Kier alpha value is -1.79. The summed E-state index contributed by atoms with van der Waals surface area (Å²) in [5.41, 5.74) is 4.86. The Morgan fingerprint density at radius 2 is 1.88 bits per heavy atom. The number of hydrogen-bond acceptors (Lipinski definition) is 3. The molecule has 0 saturated heterocycles. The lowest BCUT2D eigenvalue weighted by atomic mass is 10.2. The number of amides is 3. The minimum atomic E-state index is -1.29. The van der Waals surface area contributed by atoms with Crippen LogP contribution in [0.15, 0.2) is 0 Å². The summed E-state index contributed by atoms with van der Waals surface area (Å²) in [7, 11) is 0. The molecule has 1 unspecified atom stereocenters. The molecule has 0 fully saturated rings. The first-order valence-electron chi connectivity index (χ1n) is 4.95. The number of aliphatic carboxylic acids is 1. The maximum absolute atomic E-state index is 11.3. The van der Waals surface area contributed by atoms with Gasteiger partial charge in [-0.25, -0.2) is 9.59 Å². The van der Waals surface area contributed by atoms with Gasteiger partial charge in [0.2, 0.25) is 5.91 Å². The lowest BCUT2D eigenvalue weighted by Gasteiger charge is -2.16. The SMILES string of the molecule is CCC(C)NC(=O)N[C@H](CC(N)=O)C(=O)O. The number of nitrogens with one attached hydrogen (secondary N) is 2. The summed E-state index contributed by atoms with van der Waals surface area (Å²) in [5, 5.41) is 13.4. The van der Waals surface area contributed by atoms with Crippen LogP contribution in [-0.4, -0.2) is 35.1 Å². The fraction of sp³-hybridized carbons (Fsp3) is 0.667. The van der Waals surface area contributed by atoms with Gasteiger partial charge in [-0.2, -0.15) is 0 Å². The van der Waals surface area contributed by atoms with Gasteiger partial charge in [0.25, 0.3) is 0 Å². The Bertz CT molecular complexity index is 280. The van der Waals surface area contributed by atoms with Gasteiger partial charge in [-0.1, -0.05) is 6.92 Å². The van der Waals surface area contributed by atoms with E-state index in [1.54, 1.807) is 6.92 Å². The summed E-state index contributed by atoms with van der Waals surface area (Å²) in [6.07, 6.45) is 0.296. The highest BCUT2D eigenvalue weighted by Gasteiger charge is 2.22. The van der Waals surface area contributed by atoms with E-state index in [0.717, 1.165) is 6.42 Å². The van der Waals surface area contributed by atoms with Crippen LogP contribution in [0.2, 0.25) is 0 Å². The van der Waals surface area contributed by atoms with E-state index in [9.17, 15) is 14.4 Å². The molecule has 0 aliphatic rings. The minimum Gasteiger partial charge on any atom is -0.480 e. The van der Waals surface area contributed by atoms with Crippen molar-refractivity contribution in [3.05, 3.63) is 0 Å². The number of hydrogen-bond donors (Lipinski definition) is 4. The van der Waals surface area contributed by atoms with Crippen molar-refractivity contribution in [1.82, 2.24) is 10.6 Å². The lowest BCUT2D eigenvalue weighted by Crippen LogP contribution is -2.49. The second kappa shape index (κ2) is 6.65. The standard InChI is InChI=1S/C9H17N3O4/c1-3-5(2)11-9(16)12-6(8(14)15)4-7(10)13/h5-6H,3-4H2,1-2H3,(H2,10,13)(H,14,15)(H2,11,12,16)/t5?,6-/m1/s1. The third-order valence-corrected chi connectivity index (χ3v) is 2.00. The third-order valence-electron chi connectivity index (χ3n) is 2.00. The molecule has 0 aliphatic carbocycles. The average molecular weight is 231 g/mol. The van der Waals surface area contributed by atoms with Gasteiger partial charge in [-0.3, -0.25) is 4.79 Å². The Morgan fingerprint density at radius 1 is 1.31 bits per heavy atom. The van der Waals surface area contributed by atoms with Crippen molar-refractivity contribution in [2.45, 2.75) is 38.8 Å². The van der Waals surface area contributed by atoms with Gasteiger partial charge < -0.3 is 21.5 Å². The lowest BCUT2D eigenvalue weighted by molar-refractivity contribution is -0.140. The smallest absolute Gasteiger partial charge is 0.326 e. The molecule has 0 heterocycles. The molecule has 92 valence electrons. The quantitative estimate of drug-likeness (QED) is 0.488. The van der Waals surface area contributed by atoms with Crippen molar-refractivity contribution in [2.24, 2.45) is 5.73 Å². The van der Waals surface area contributed by atoms with Crippen LogP contribution in [0.4, 0.5) is 4.79 Å². The molecule has 0 bridgehead atoms. The monoisotopic (exact) mass is 231 g/mol. The Kier molecular flexibility index (Phi) is 5.91. The van der Waals surface area contributed by atoms with Crippen LogP contribution >= 0.6 is 0 Å². The van der Waals surface area contributed by atoms with Crippen molar-refractivity contribution in [1.29, 1.82) is 0 Å². The maximum atomic E-state index is 11.3. The molecule has 16 heavy (non-hydrogen) atoms. The Labute approximate surface area is 93.4 Å². The molecule has 0 aromatic heterocycles. The summed E-state index contributed by atoms with van der Waals surface area (Å²) in [6, 6.07) is -1.98. The molecule has 0 aromatic carbocycles. The molecule has 0 spiro atoms. The van der Waals surface area contributed by atoms with E-state index >= 15 is 0 Å². The number of carbonyl (C=O) groups is 3. The zero-order valence-electron chi connectivity index (χ0n) is 9.32. The van der Waals surface area contributed by atoms with Gasteiger partial charge in [-0.05, 0) is 13.3 Å². The molecular formula is C9H17N3O4. The van der Waals surface area contributed by atoms with E-state index in [-0.39, 0.29) is 6.04 Å². The molecule has 0 rings (SSSR count). The molecule has 7 nitrogen and oxygen atoms in total. The van der Waals surface area contributed by atoms with Crippen LogP contribution in [-0.2, 0) is 9.59 Å². The number of nitrogens with two attached hydrogens (primary N) is 1. The van der Waals surface area contributed by atoms with Crippen molar-refractivity contribution in [3.63, 3.8) is 0 Å². The summed E-state index contributed by atoms with van der Waals surface area (Å²) in [6.45, 7) is 3.66. The van der Waals surface area contributed by atoms with Gasteiger partial charge in [0.05, 0.1) is 6.42 Å². The topological polar surface area (TPSA) is 122 Å². The van der Waals surface area contributed by atoms with E-state index in [2.05, 4.69) is 10.6 Å². The van der Waals surface area contributed by atoms with E-state index in [0.29, 0.717) is 0 Å². The summed E-state index contributed by atoms with van der Waals surface area (Å²) in [5.74, 6) is -2.07. The third kappa shape index (κ3) is 5.84. The van der Waals surface area contributed by atoms with Crippen LogP contribution in [0.1, 0.15) is 26.7 Å². The summed E-state index contributed by atoms with van der Waals surface area (Å²) in [4.78, 5) is 32.5. The zero-order chi connectivity index (χ0) is 12.7. The van der Waals surface area contributed by atoms with Crippen LogP contribution in [0.5, 0.6) is 0 Å². The normalized spacial score (nSPS) is 13.6. The number of primary amides is 1. The second-order valence-electron chi connectivity index (χ2n) is 3.49. The number of carboxylic acids is 1. The van der Waals surface area contributed by atoms with Gasteiger partial charge in [0, 0.05) is 6.04 Å². The zero-order valence-corrected chi connectivity index (χ0v) is 9.32. The molecule has 7 heteroatoms. The molecule has 0 aliphatic heterocycles. The van der Waals surface area contributed by atoms with Crippen molar-refractivity contribution < 1.29 is 19.5 Å². The van der Waals surface area contributed by atoms with E-state index in [4.69, 9.17) is 10.8 Å². The van der Waals surface area contributed by atoms with Crippen LogP contribution in [0.3, 0.4) is 0 Å². The first-order valence-corrected chi connectivity index (χ1v) is 4.95. The molecule has 0 radical (unpaired) electrons. The Balaban J connectivity index is 4.24. The minimum absolute atomic E-state index is 0.0666. The molecule has 0 saturated carbocycles. The van der Waals surface area contributed by atoms with E-state index in [1.807, 2.05) is 6.92 Å². The van der Waals surface area contributed by atoms with Crippen LogP contribution in [0, 0.1) is 0 Å². The van der Waals surface area contributed by atoms with Gasteiger partial charge in [0.15, 0.2) is 0 Å². The van der Waals surface area contributed by atoms with Gasteiger partial charge in [0.1, 0.15) is 6.04 Å². The van der Waals surface area contributed by atoms with E-state index in [1.165, 1.54) is 0 Å². The van der Waals surface area contributed by atoms with Gasteiger partial charge in [-0.15, -0.1) is 0 Å². The highest BCUT2D eigenvalue weighted by Crippen LogP contribution is 1.93. The number of carboxylic acid groups (broad SMARTS) is 1. The molecule has 5 N–H and O–H groups in total. The number of urea groups is 1. The first-order chi connectivity index (χ1) is 7.36. The highest BCUT2D eigenvalue weighted by molar-refractivity contribution is 5.87. The van der Waals surface area contributed by atoms with Crippen molar-refractivity contribution in [3.8, 4) is 0 Å². The number of rotatable bonds is 6. The molecule has 2 atom stereocenters. The predicted octanol–water partition coefficient (Wildman–Crippen LogP) is -0.587. The van der Waals surface area contributed by atoms with Crippen LogP contribution in [0.25, 0.3) is 0 Å². The predicted molar refractivity (Wildman–Crippen MR) is 56.7 cm³/mol. The first kappa shape index (κ1) is 14.2. The Morgan fingerprint density at radius 3 is 2.25 bits per heavy atom. The van der Waals surface area contributed by atoms with Crippen LogP contribution < -0.4 is 16.4 Å². The molecule has 3 amide bonds. The fourth-order valence-electron chi connectivity index (χ4n) is 0.927. The summed E-state index contributed by atoms with van der Waals surface area (Å²) < 4.78 is 0. The van der Waals surface area contributed by atoms with Crippen molar-refractivity contribution in [2.75, 3.05) is 0 Å². The average Bonchev–Trinajstić information content (AvgIpc) is 2.15. The maximum Gasteiger partial charge on any atom is 0.326 e. The second-order valence-corrected chi connectivity index (χ2v) is 3.49. The molecule has 0 aromatic rings.